The highest BCUT2D eigenvalue weighted by Crippen LogP contribution is 2.21. The number of halogens is 2. The van der Waals surface area contributed by atoms with Crippen LogP contribution in [0.15, 0.2) is 30.5 Å². The van der Waals surface area contributed by atoms with Gasteiger partial charge in [-0.2, -0.15) is 5.10 Å². The third-order valence-electron chi connectivity index (χ3n) is 2.52. The summed E-state index contributed by atoms with van der Waals surface area (Å²) in [5.41, 5.74) is 0.0187. The van der Waals surface area contributed by atoms with Gasteiger partial charge in [-0.3, -0.25) is 9.48 Å². The smallest absolute Gasteiger partial charge is 0.282 e. The molecule has 19 heavy (non-hydrogen) atoms. The van der Waals surface area contributed by atoms with Gasteiger partial charge in [-0.05, 0) is 6.07 Å². The van der Waals surface area contributed by atoms with Gasteiger partial charge in [-0.1, -0.05) is 23.7 Å². The average Bonchev–Trinajstić information content (AvgIpc) is 2.74. The highest BCUT2D eigenvalue weighted by Gasteiger charge is 2.22. The third-order valence-corrected chi connectivity index (χ3v) is 2.52. The number of aromatic nitrogens is 2. The van der Waals surface area contributed by atoms with Crippen molar-refractivity contribution in [2.75, 3.05) is 5.32 Å². The molecule has 0 saturated carbocycles. The summed E-state index contributed by atoms with van der Waals surface area (Å²) in [6.07, 6.45) is -1.56. The number of nitrogens with zero attached hydrogens (tertiary/aromatic N) is 2. The summed E-state index contributed by atoms with van der Waals surface area (Å²) in [5, 5.41) is 6.05. The molecule has 0 aliphatic carbocycles. The van der Waals surface area contributed by atoms with E-state index in [1.165, 1.54) is 17.9 Å². The number of hydrogen-bond donors (Lipinski definition) is 1. The Labute approximate surface area is 109 Å². The van der Waals surface area contributed by atoms with Crippen molar-refractivity contribution in [1.82, 2.24) is 9.78 Å². The van der Waals surface area contributed by atoms with Gasteiger partial charge in [0.05, 0.1) is 5.56 Å². The number of benzene rings is 1. The van der Waals surface area contributed by atoms with Crippen LogP contribution in [0, 0.1) is 0 Å². The average molecular weight is 261 g/mol. The lowest BCUT2D eigenvalue weighted by atomic mass is 9.94. The number of para-hydroxylation sites is 1. The molecular formula is C12H10BF2N3O. The molecule has 4 nitrogen and oxygen atoms in total. The Kier molecular flexibility index (Phi) is 3.64. The maximum Gasteiger partial charge on any atom is 0.282 e. The van der Waals surface area contributed by atoms with Crippen LogP contribution < -0.4 is 10.8 Å². The fraction of sp³-hybridized carbons (Fsp3) is 0.167. The summed E-state index contributed by atoms with van der Waals surface area (Å²) in [7, 11) is 7.14. The van der Waals surface area contributed by atoms with Crippen molar-refractivity contribution in [3.8, 4) is 0 Å². The molecular weight excluding hydrogens is 251 g/mol. The van der Waals surface area contributed by atoms with Crippen molar-refractivity contribution >= 4 is 24.9 Å². The third kappa shape index (κ3) is 2.81. The van der Waals surface area contributed by atoms with E-state index < -0.39 is 18.0 Å². The molecule has 0 aliphatic heterocycles. The van der Waals surface area contributed by atoms with Gasteiger partial charge in [0, 0.05) is 18.9 Å². The summed E-state index contributed by atoms with van der Waals surface area (Å²) in [6, 6.07) is 6.58. The predicted molar refractivity (Wildman–Crippen MR) is 67.9 cm³/mol. The molecule has 2 aromatic rings. The molecule has 96 valence electrons. The van der Waals surface area contributed by atoms with E-state index in [1.54, 1.807) is 24.3 Å². The van der Waals surface area contributed by atoms with Crippen LogP contribution >= 0.6 is 0 Å². The lowest BCUT2D eigenvalue weighted by Crippen LogP contribution is -2.19. The van der Waals surface area contributed by atoms with Gasteiger partial charge >= 0.3 is 0 Å². The highest BCUT2D eigenvalue weighted by atomic mass is 19.3. The van der Waals surface area contributed by atoms with Gasteiger partial charge in [0.1, 0.15) is 13.5 Å². The molecule has 2 rings (SSSR count). The van der Waals surface area contributed by atoms with Gasteiger partial charge in [-0.15, -0.1) is 0 Å². The van der Waals surface area contributed by atoms with E-state index in [2.05, 4.69) is 10.4 Å². The summed E-state index contributed by atoms with van der Waals surface area (Å²) in [5.74, 6) is -0.665. The molecule has 0 atom stereocenters. The number of rotatable bonds is 3. The zero-order valence-corrected chi connectivity index (χ0v) is 10.1. The van der Waals surface area contributed by atoms with Crippen LogP contribution in [0.5, 0.6) is 0 Å². The van der Waals surface area contributed by atoms with E-state index in [0.717, 1.165) is 0 Å². The second-order valence-corrected chi connectivity index (χ2v) is 3.94. The van der Waals surface area contributed by atoms with Gasteiger partial charge in [0.15, 0.2) is 0 Å². The molecule has 0 spiro atoms. The molecule has 0 saturated heterocycles. The van der Waals surface area contributed by atoms with Crippen LogP contribution in [0.3, 0.4) is 0 Å². The standard InChI is InChI=1S/C12H10BF2N3O/c1-18-6-7(10(17-18)11(14)15)12(19)16-9-5-3-2-4-8(9)13/h2-6,11H,1H3,(H,16,19). The molecule has 7 heteroatoms. The first-order chi connectivity index (χ1) is 8.99. The van der Waals surface area contributed by atoms with Gasteiger partial charge in [0.25, 0.3) is 12.3 Å². The fourth-order valence-corrected chi connectivity index (χ4v) is 1.64. The van der Waals surface area contributed by atoms with E-state index in [0.29, 0.717) is 11.2 Å². The highest BCUT2D eigenvalue weighted by molar-refractivity contribution is 6.36. The number of hydrogen-bond acceptors (Lipinski definition) is 2. The van der Waals surface area contributed by atoms with Crippen molar-refractivity contribution in [1.29, 1.82) is 0 Å². The van der Waals surface area contributed by atoms with Crippen molar-refractivity contribution < 1.29 is 13.6 Å². The Balaban J connectivity index is 2.28. The van der Waals surface area contributed by atoms with Crippen LogP contribution in [-0.4, -0.2) is 23.5 Å². The first-order valence-corrected chi connectivity index (χ1v) is 5.46. The summed E-state index contributed by atoms with van der Waals surface area (Å²) < 4.78 is 26.6. The monoisotopic (exact) mass is 261 g/mol. The molecule has 1 heterocycles. The zero-order valence-electron chi connectivity index (χ0n) is 10.1. The Morgan fingerprint density at radius 2 is 2.11 bits per heavy atom. The lowest BCUT2D eigenvalue weighted by molar-refractivity contribution is 0.101. The van der Waals surface area contributed by atoms with Crippen LogP contribution in [0.25, 0.3) is 0 Å². The van der Waals surface area contributed by atoms with Crippen molar-refractivity contribution in [2.45, 2.75) is 6.43 Å². The van der Waals surface area contributed by atoms with E-state index in [-0.39, 0.29) is 5.56 Å². The Hall–Kier alpha value is -2.18. The minimum Gasteiger partial charge on any atom is -0.322 e. The molecule has 0 unspecified atom stereocenters. The molecule has 0 aliphatic rings. The molecule has 1 amide bonds. The Bertz CT molecular complexity index is 613. The fourth-order valence-electron chi connectivity index (χ4n) is 1.64. The van der Waals surface area contributed by atoms with E-state index in [1.807, 2.05) is 0 Å². The summed E-state index contributed by atoms with van der Waals surface area (Å²) >= 11 is 0. The molecule has 0 fully saturated rings. The number of alkyl halides is 2. The van der Waals surface area contributed by atoms with E-state index in [4.69, 9.17) is 7.85 Å². The largest absolute Gasteiger partial charge is 0.322 e. The maximum atomic E-state index is 12.7. The van der Waals surface area contributed by atoms with Gasteiger partial charge < -0.3 is 5.32 Å². The molecule has 1 N–H and O–H groups in total. The normalized spacial score (nSPS) is 10.7. The van der Waals surface area contributed by atoms with E-state index >= 15 is 0 Å². The number of carbonyl (C=O) groups is 1. The van der Waals surface area contributed by atoms with Crippen LogP contribution in [0.1, 0.15) is 22.5 Å². The second-order valence-electron chi connectivity index (χ2n) is 3.94. The molecule has 2 radical (unpaired) electrons. The topological polar surface area (TPSA) is 46.9 Å². The van der Waals surface area contributed by atoms with Gasteiger partial charge in [0.2, 0.25) is 0 Å². The SMILES string of the molecule is [B]c1ccccc1NC(=O)c1cn(C)nc1C(F)F. The van der Waals surface area contributed by atoms with E-state index in [9.17, 15) is 13.6 Å². The predicted octanol–water partition coefficient (Wildman–Crippen LogP) is 1.40. The minimum absolute atomic E-state index is 0.166. The number of carbonyl (C=O) groups excluding carboxylic acids is 1. The zero-order chi connectivity index (χ0) is 14.0. The maximum absolute atomic E-state index is 12.7. The number of nitrogens with one attached hydrogen (secondary N) is 1. The number of aryl methyl sites for hydroxylation is 1. The molecule has 1 aromatic heterocycles. The second kappa shape index (κ2) is 5.21. The first-order valence-electron chi connectivity index (χ1n) is 5.46. The lowest BCUT2D eigenvalue weighted by Gasteiger charge is -2.08. The summed E-state index contributed by atoms with van der Waals surface area (Å²) in [4.78, 5) is 12.0. The molecule has 1 aromatic carbocycles. The van der Waals surface area contributed by atoms with Crippen molar-refractivity contribution in [2.24, 2.45) is 7.05 Å². The van der Waals surface area contributed by atoms with Crippen LogP contribution in [-0.2, 0) is 7.05 Å². The Morgan fingerprint density at radius 3 is 2.74 bits per heavy atom. The Morgan fingerprint density at radius 1 is 1.42 bits per heavy atom. The number of anilines is 1. The van der Waals surface area contributed by atoms with Crippen molar-refractivity contribution in [3.63, 3.8) is 0 Å². The molecule has 0 bridgehead atoms. The first kappa shape index (κ1) is 13.3. The number of amides is 1. The van der Waals surface area contributed by atoms with Gasteiger partial charge in [-0.25, -0.2) is 8.78 Å². The van der Waals surface area contributed by atoms with Crippen molar-refractivity contribution in [3.05, 3.63) is 41.7 Å². The minimum atomic E-state index is -2.81. The quantitative estimate of drug-likeness (QED) is 0.849. The van der Waals surface area contributed by atoms with Crippen LogP contribution in [0.4, 0.5) is 14.5 Å². The van der Waals surface area contributed by atoms with Crippen LogP contribution in [0.2, 0.25) is 0 Å². The summed E-state index contributed by atoms with van der Waals surface area (Å²) in [6.45, 7) is 0.